The molecule has 22 heavy (non-hydrogen) atoms. The minimum atomic E-state index is -2.32. The maximum atomic E-state index is 13.2. The average molecular weight is 322 g/mol. The lowest BCUT2D eigenvalue weighted by atomic mass is 10.1. The van der Waals surface area contributed by atoms with Gasteiger partial charge in [-0.25, -0.2) is 8.78 Å². The third kappa shape index (κ3) is 5.34. The molecule has 2 aromatic rings. The number of hydrogen-bond acceptors (Lipinski definition) is 2. The minimum Gasteiger partial charge on any atom is -0.497 e. The molecule has 1 nitrogen and oxygen atoms in total. The summed E-state index contributed by atoms with van der Waals surface area (Å²) in [5, 5.41) is -0.669. The Labute approximate surface area is 134 Å². The summed E-state index contributed by atoms with van der Waals surface area (Å²) in [7, 11) is 1.59. The van der Waals surface area contributed by atoms with E-state index in [0.717, 1.165) is 23.5 Å². The van der Waals surface area contributed by atoms with Gasteiger partial charge in [-0.1, -0.05) is 30.3 Å². The lowest BCUT2D eigenvalue weighted by Crippen LogP contribution is -2.14. The monoisotopic (exact) mass is 322 g/mol. The Morgan fingerprint density at radius 3 is 2.27 bits per heavy atom. The van der Waals surface area contributed by atoms with Gasteiger partial charge in [0, 0.05) is 4.90 Å². The highest BCUT2D eigenvalue weighted by molar-refractivity contribution is 8.00. The summed E-state index contributed by atoms with van der Waals surface area (Å²) in [6, 6.07) is 17.3. The second-order valence-corrected chi connectivity index (χ2v) is 6.36. The van der Waals surface area contributed by atoms with Gasteiger partial charge in [0.2, 0.25) is 0 Å². The Bertz CT molecular complexity index is 543. The molecule has 1 atom stereocenters. The maximum Gasteiger partial charge on any atom is 0.250 e. The van der Waals surface area contributed by atoms with E-state index in [-0.39, 0.29) is 0 Å². The van der Waals surface area contributed by atoms with Gasteiger partial charge in [-0.3, -0.25) is 0 Å². The molecule has 0 amide bonds. The Hall–Kier alpha value is -1.55. The number of methoxy groups -OCH3 is 1. The summed E-state index contributed by atoms with van der Waals surface area (Å²) in [6.45, 7) is 0. The van der Waals surface area contributed by atoms with E-state index in [2.05, 4.69) is 0 Å². The number of aryl methyl sites for hydroxylation is 1. The quantitative estimate of drug-likeness (QED) is 0.598. The van der Waals surface area contributed by atoms with Gasteiger partial charge in [-0.2, -0.15) is 0 Å². The molecule has 0 aliphatic heterocycles. The van der Waals surface area contributed by atoms with Crippen molar-refractivity contribution in [3.05, 3.63) is 60.2 Å². The zero-order valence-electron chi connectivity index (χ0n) is 12.5. The number of benzene rings is 2. The number of thioether (sulfide) groups is 1. The molecule has 0 saturated heterocycles. The predicted octanol–water partition coefficient (Wildman–Crippen LogP) is 5.44. The van der Waals surface area contributed by atoms with Crippen LogP contribution < -0.4 is 4.74 Å². The van der Waals surface area contributed by atoms with Crippen LogP contribution in [0.5, 0.6) is 5.75 Å². The zero-order chi connectivity index (χ0) is 15.8. The van der Waals surface area contributed by atoms with Crippen LogP contribution in [-0.4, -0.2) is 18.8 Å². The lowest BCUT2D eigenvalue weighted by molar-refractivity contribution is 0.141. The van der Waals surface area contributed by atoms with E-state index in [9.17, 15) is 8.78 Å². The van der Waals surface area contributed by atoms with E-state index in [1.165, 1.54) is 17.3 Å². The third-order valence-corrected chi connectivity index (χ3v) is 4.71. The number of rotatable bonds is 8. The van der Waals surface area contributed by atoms with Crippen LogP contribution >= 0.6 is 11.8 Å². The highest BCUT2D eigenvalue weighted by Gasteiger charge is 2.21. The smallest absolute Gasteiger partial charge is 0.250 e. The molecule has 0 heterocycles. The number of alkyl halides is 2. The molecule has 118 valence electrons. The van der Waals surface area contributed by atoms with E-state index in [4.69, 9.17) is 4.74 Å². The number of hydrogen-bond donors (Lipinski definition) is 0. The lowest BCUT2D eigenvalue weighted by Gasteiger charge is -2.16. The van der Waals surface area contributed by atoms with Crippen molar-refractivity contribution in [3.8, 4) is 5.75 Å². The summed E-state index contributed by atoms with van der Waals surface area (Å²) < 4.78 is 31.5. The van der Waals surface area contributed by atoms with Crippen LogP contribution in [0.2, 0.25) is 0 Å². The first-order chi connectivity index (χ1) is 10.7. The van der Waals surface area contributed by atoms with Crippen molar-refractivity contribution in [1.29, 1.82) is 0 Å². The van der Waals surface area contributed by atoms with Crippen molar-refractivity contribution >= 4 is 11.8 Å². The second-order valence-electron chi connectivity index (χ2n) is 5.04. The van der Waals surface area contributed by atoms with Crippen LogP contribution in [0.3, 0.4) is 0 Å². The van der Waals surface area contributed by atoms with Gasteiger partial charge in [0.25, 0.3) is 6.43 Å². The van der Waals surface area contributed by atoms with Crippen LogP contribution in [0.4, 0.5) is 8.78 Å². The fourth-order valence-corrected chi connectivity index (χ4v) is 3.25. The molecule has 0 aliphatic rings. The van der Waals surface area contributed by atoms with Crippen molar-refractivity contribution in [1.82, 2.24) is 0 Å². The minimum absolute atomic E-state index is 0.503. The van der Waals surface area contributed by atoms with Crippen molar-refractivity contribution in [2.45, 2.75) is 35.8 Å². The molecule has 0 saturated carbocycles. The summed E-state index contributed by atoms with van der Waals surface area (Å²) in [5.74, 6) is 0.738. The molecule has 0 radical (unpaired) electrons. The Morgan fingerprint density at radius 2 is 1.68 bits per heavy atom. The van der Waals surface area contributed by atoms with Crippen LogP contribution in [0, 0.1) is 0 Å². The topological polar surface area (TPSA) is 9.23 Å². The van der Waals surface area contributed by atoms with Gasteiger partial charge in [-0.05, 0) is 49.1 Å². The molecule has 0 fully saturated rings. The second kappa shape index (κ2) is 8.79. The molecular formula is C18H20F2OS. The van der Waals surface area contributed by atoms with E-state index < -0.39 is 11.7 Å². The van der Waals surface area contributed by atoms with Crippen LogP contribution in [-0.2, 0) is 6.42 Å². The molecule has 0 aromatic heterocycles. The largest absolute Gasteiger partial charge is 0.497 e. The van der Waals surface area contributed by atoms with E-state index in [1.54, 1.807) is 19.2 Å². The highest BCUT2D eigenvalue weighted by atomic mass is 32.2. The molecule has 2 rings (SSSR count). The van der Waals surface area contributed by atoms with E-state index in [1.807, 2.05) is 42.5 Å². The van der Waals surface area contributed by atoms with Crippen LogP contribution in [0.15, 0.2) is 59.5 Å². The fraction of sp³-hybridized carbons (Fsp3) is 0.333. The molecular weight excluding hydrogens is 302 g/mol. The summed E-state index contributed by atoms with van der Waals surface area (Å²) >= 11 is 1.25. The maximum absolute atomic E-state index is 13.2. The first-order valence-electron chi connectivity index (χ1n) is 7.32. The highest BCUT2D eigenvalue weighted by Crippen LogP contribution is 2.31. The van der Waals surface area contributed by atoms with Crippen molar-refractivity contribution in [2.75, 3.05) is 7.11 Å². The molecule has 2 aromatic carbocycles. The first-order valence-corrected chi connectivity index (χ1v) is 8.20. The van der Waals surface area contributed by atoms with Gasteiger partial charge in [0.15, 0.2) is 0 Å². The third-order valence-electron chi connectivity index (χ3n) is 3.42. The summed E-state index contributed by atoms with van der Waals surface area (Å²) in [6.07, 6.45) is -0.207. The van der Waals surface area contributed by atoms with Crippen LogP contribution in [0.1, 0.15) is 18.4 Å². The van der Waals surface area contributed by atoms with Crippen molar-refractivity contribution in [2.24, 2.45) is 0 Å². The standard InChI is InChI=1S/C18H20F2OS/c1-21-15-10-12-16(13-11-15)22-17(18(19)20)9-5-8-14-6-3-2-4-7-14/h2-4,6-7,10-13,17-18H,5,8-9H2,1H3. The predicted molar refractivity (Wildman–Crippen MR) is 88.0 cm³/mol. The molecule has 0 aliphatic carbocycles. The van der Waals surface area contributed by atoms with Crippen LogP contribution in [0.25, 0.3) is 0 Å². The SMILES string of the molecule is COc1ccc(SC(CCCc2ccccc2)C(F)F)cc1. The Balaban J connectivity index is 1.86. The van der Waals surface area contributed by atoms with E-state index in [0.29, 0.717) is 6.42 Å². The van der Waals surface area contributed by atoms with Crippen molar-refractivity contribution in [3.63, 3.8) is 0 Å². The van der Waals surface area contributed by atoms with Gasteiger partial charge >= 0.3 is 0 Å². The normalized spacial score (nSPS) is 12.4. The summed E-state index contributed by atoms with van der Waals surface area (Å²) in [4.78, 5) is 0.853. The zero-order valence-corrected chi connectivity index (χ0v) is 13.4. The molecule has 4 heteroatoms. The number of ether oxygens (including phenoxy) is 1. The Kier molecular flexibility index (Phi) is 6.72. The van der Waals surface area contributed by atoms with Crippen molar-refractivity contribution < 1.29 is 13.5 Å². The van der Waals surface area contributed by atoms with E-state index >= 15 is 0 Å². The Morgan fingerprint density at radius 1 is 1.00 bits per heavy atom. The number of halogens is 2. The van der Waals surface area contributed by atoms with Gasteiger partial charge in [-0.15, -0.1) is 11.8 Å². The fourth-order valence-electron chi connectivity index (χ4n) is 2.22. The average Bonchev–Trinajstić information content (AvgIpc) is 2.55. The summed E-state index contributed by atoms with van der Waals surface area (Å²) in [5.41, 5.74) is 1.20. The molecule has 0 N–H and O–H groups in total. The van der Waals surface area contributed by atoms with Gasteiger partial charge in [0.05, 0.1) is 12.4 Å². The van der Waals surface area contributed by atoms with Gasteiger partial charge in [0.1, 0.15) is 5.75 Å². The first kappa shape index (κ1) is 16.8. The van der Waals surface area contributed by atoms with Gasteiger partial charge < -0.3 is 4.74 Å². The molecule has 0 spiro atoms. The molecule has 0 bridgehead atoms. The molecule has 1 unspecified atom stereocenters.